The largest absolute Gasteiger partial charge is 0.396 e. The van der Waals surface area contributed by atoms with Crippen LogP contribution in [0.1, 0.15) is 18.5 Å². The van der Waals surface area contributed by atoms with E-state index >= 15 is 0 Å². The molecule has 21 heavy (non-hydrogen) atoms. The summed E-state index contributed by atoms with van der Waals surface area (Å²) in [4.78, 5) is 0.124. The minimum absolute atomic E-state index is 0.101. The van der Waals surface area contributed by atoms with Crippen molar-refractivity contribution in [2.45, 2.75) is 17.9 Å². The molecule has 0 fully saturated rings. The summed E-state index contributed by atoms with van der Waals surface area (Å²) in [6.45, 7) is 1.94. The van der Waals surface area contributed by atoms with Gasteiger partial charge in [-0.05, 0) is 30.7 Å². The molecule has 4 nitrogen and oxygen atoms in total. The summed E-state index contributed by atoms with van der Waals surface area (Å²) in [5, 5.41) is 3.85. The standard InChI is InChI=1S/C15H17ClN2O2S/c1-10(11-6-3-4-7-12(11)16)18-13-8-5-9-14(15(13)17)21(2,19)20/h3-10,18H,17H2,1-2H3. The molecular formula is C15H17ClN2O2S. The minimum atomic E-state index is -3.36. The smallest absolute Gasteiger partial charge is 0.177 e. The highest BCUT2D eigenvalue weighted by molar-refractivity contribution is 7.90. The van der Waals surface area contributed by atoms with Crippen molar-refractivity contribution in [2.24, 2.45) is 0 Å². The molecule has 3 N–H and O–H groups in total. The van der Waals surface area contributed by atoms with Crippen LogP contribution in [0.4, 0.5) is 11.4 Å². The van der Waals surface area contributed by atoms with Gasteiger partial charge in [0, 0.05) is 11.3 Å². The third kappa shape index (κ3) is 3.49. The maximum absolute atomic E-state index is 11.7. The molecule has 1 atom stereocenters. The second kappa shape index (κ2) is 5.95. The van der Waals surface area contributed by atoms with E-state index in [0.29, 0.717) is 10.7 Å². The second-order valence-electron chi connectivity index (χ2n) is 4.88. The topological polar surface area (TPSA) is 72.2 Å². The van der Waals surface area contributed by atoms with Gasteiger partial charge in [0.15, 0.2) is 9.84 Å². The molecule has 0 amide bonds. The molecule has 1 unspecified atom stereocenters. The summed E-state index contributed by atoms with van der Waals surface area (Å²) in [5.41, 5.74) is 7.67. The first-order valence-electron chi connectivity index (χ1n) is 6.40. The fourth-order valence-electron chi connectivity index (χ4n) is 2.13. The lowest BCUT2D eigenvalue weighted by Crippen LogP contribution is -2.11. The quantitative estimate of drug-likeness (QED) is 0.844. The van der Waals surface area contributed by atoms with Gasteiger partial charge >= 0.3 is 0 Å². The predicted molar refractivity (Wildman–Crippen MR) is 87.5 cm³/mol. The molecule has 0 aliphatic heterocycles. The average molecular weight is 325 g/mol. The maximum atomic E-state index is 11.7. The Kier molecular flexibility index (Phi) is 4.44. The number of benzene rings is 2. The number of anilines is 2. The summed E-state index contributed by atoms with van der Waals surface area (Å²) in [7, 11) is -3.36. The molecule has 112 valence electrons. The number of nitrogen functional groups attached to an aromatic ring is 1. The molecule has 0 aromatic heterocycles. The van der Waals surface area contributed by atoms with Gasteiger partial charge in [-0.1, -0.05) is 35.9 Å². The van der Waals surface area contributed by atoms with E-state index in [4.69, 9.17) is 17.3 Å². The van der Waals surface area contributed by atoms with Gasteiger partial charge in [0.1, 0.15) is 0 Å². The lowest BCUT2D eigenvalue weighted by atomic mass is 10.1. The fourth-order valence-corrected chi connectivity index (χ4v) is 3.27. The van der Waals surface area contributed by atoms with Gasteiger partial charge in [0.2, 0.25) is 0 Å². The highest BCUT2D eigenvalue weighted by atomic mass is 35.5. The third-order valence-corrected chi connectivity index (χ3v) is 4.71. The number of hydrogen-bond donors (Lipinski definition) is 2. The first-order valence-corrected chi connectivity index (χ1v) is 8.67. The number of para-hydroxylation sites is 1. The number of nitrogens with one attached hydrogen (secondary N) is 1. The van der Waals surface area contributed by atoms with Gasteiger partial charge in [0.25, 0.3) is 0 Å². The summed E-state index contributed by atoms with van der Waals surface area (Å²) in [5.74, 6) is 0. The molecule has 0 saturated heterocycles. The Balaban J connectivity index is 2.35. The number of halogens is 1. The van der Waals surface area contributed by atoms with Crippen molar-refractivity contribution in [3.05, 3.63) is 53.1 Å². The van der Waals surface area contributed by atoms with Crippen molar-refractivity contribution in [3.63, 3.8) is 0 Å². The molecule has 0 saturated carbocycles. The van der Waals surface area contributed by atoms with Crippen molar-refractivity contribution >= 4 is 32.8 Å². The van der Waals surface area contributed by atoms with Crippen LogP contribution in [0.3, 0.4) is 0 Å². The molecule has 0 radical (unpaired) electrons. The monoisotopic (exact) mass is 324 g/mol. The number of rotatable bonds is 4. The maximum Gasteiger partial charge on any atom is 0.177 e. The van der Waals surface area contributed by atoms with E-state index in [9.17, 15) is 8.42 Å². The van der Waals surface area contributed by atoms with Crippen molar-refractivity contribution in [2.75, 3.05) is 17.3 Å². The van der Waals surface area contributed by atoms with E-state index in [1.807, 2.05) is 31.2 Å². The Morgan fingerprint density at radius 2 is 1.81 bits per heavy atom. The first kappa shape index (κ1) is 15.7. The molecule has 0 bridgehead atoms. The number of nitrogens with two attached hydrogens (primary N) is 1. The van der Waals surface area contributed by atoms with Crippen molar-refractivity contribution in [1.29, 1.82) is 0 Å². The van der Waals surface area contributed by atoms with E-state index in [1.165, 1.54) is 6.07 Å². The van der Waals surface area contributed by atoms with Crippen molar-refractivity contribution in [3.8, 4) is 0 Å². The molecule has 2 rings (SSSR count). The third-order valence-electron chi connectivity index (χ3n) is 3.21. The lowest BCUT2D eigenvalue weighted by Gasteiger charge is -2.19. The molecule has 0 heterocycles. The van der Waals surface area contributed by atoms with E-state index in [0.717, 1.165) is 11.8 Å². The predicted octanol–water partition coefficient (Wildman–Crippen LogP) is 3.50. The van der Waals surface area contributed by atoms with Gasteiger partial charge in [-0.25, -0.2) is 8.42 Å². The second-order valence-corrected chi connectivity index (χ2v) is 7.27. The SMILES string of the molecule is CC(Nc1cccc(S(C)(=O)=O)c1N)c1ccccc1Cl. The average Bonchev–Trinajstić information content (AvgIpc) is 2.40. The van der Waals surface area contributed by atoms with Crippen molar-refractivity contribution < 1.29 is 8.42 Å². The zero-order valence-electron chi connectivity index (χ0n) is 11.8. The Bertz CT molecular complexity index is 760. The van der Waals surface area contributed by atoms with Crippen molar-refractivity contribution in [1.82, 2.24) is 0 Å². The Morgan fingerprint density at radius 1 is 1.14 bits per heavy atom. The first-order chi connectivity index (χ1) is 9.80. The lowest BCUT2D eigenvalue weighted by molar-refractivity contribution is 0.602. The van der Waals surface area contributed by atoms with Crippen LogP contribution in [0, 0.1) is 0 Å². The zero-order chi connectivity index (χ0) is 15.6. The van der Waals surface area contributed by atoms with Crippen LogP contribution in [-0.4, -0.2) is 14.7 Å². The van der Waals surface area contributed by atoms with E-state index in [2.05, 4.69) is 5.32 Å². The highest BCUT2D eigenvalue weighted by Gasteiger charge is 2.16. The molecule has 0 spiro atoms. The molecular weight excluding hydrogens is 308 g/mol. The van der Waals surface area contributed by atoms with E-state index in [1.54, 1.807) is 12.1 Å². The summed E-state index contributed by atoms with van der Waals surface area (Å²) in [6, 6.07) is 12.3. The molecule has 0 aliphatic rings. The minimum Gasteiger partial charge on any atom is -0.396 e. The number of hydrogen-bond acceptors (Lipinski definition) is 4. The van der Waals surface area contributed by atoms with Crippen LogP contribution in [0.15, 0.2) is 47.4 Å². The van der Waals surface area contributed by atoms with Crippen LogP contribution < -0.4 is 11.1 Å². The van der Waals surface area contributed by atoms with Gasteiger partial charge in [-0.3, -0.25) is 0 Å². The Morgan fingerprint density at radius 3 is 2.43 bits per heavy atom. The molecule has 0 aliphatic carbocycles. The van der Waals surface area contributed by atoms with Gasteiger partial charge in [-0.15, -0.1) is 0 Å². The van der Waals surface area contributed by atoms with Crippen LogP contribution in [0.2, 0.25) is 5.02 Å². The normalized spacial score (nSPS) is 12.9. The van der Waals surface area contributed by atoms with Crippen LogP contribution in [0.25, 0.3) is 0 Å². The van der Waals surface area contributed by atoms with E-state index < -0.39 is 9.84 Å². The van der Waals surface area contributed by atoms with Crippen LogP contribution >= 0.6 is 11.6 Å². The van der Waals surface area contributed by atoms with Gasteiger partial charge in [-0.2, -0.15) is 0 Å². The summed E-state index contributed by atoms with van der Waals surface area (Å²) >= 11 is 6.16. The Hall–Kier alpha value is -1.72. The fraction of sp³-hybridized carbons (Fsp3) is 0.200. The molecule has 2 aromatic rings. The highest BCUT2D eigenvalue weighted by Crippen LogP contribution is 2.31. The van der Waals surface area contributed by atoms with Crippen LogP contribution in [-0.2, 0) is 9.84 Å². The van der Waals surface area contributed by atoms with Gasteiger partial charge in [0.05, 0.1) is 22.3 Å². The summed E-state index contributed by atoms with van der Waals surface area (Å²) in [6.07, 6.45) is 1.14. The molecule has 6 heteroatoms. The molecule has 2 aromatic carbocycles. The zero-order valence-corrected chi connectivity index (χ0v) is 13.4. The van der Waals surface area contributed by atoms with Gasteiger partial charge < -0.3 is 11.1 Å². The van der Waals surface area contributed by atoms with Crippen LogP contribution in [0.5, 0.6) is 0 Å². The summed E-state index contributed by atoms with van der Waals surface area (Å²) < 4.78 is 23.4. The number of sulfone groups is 1. The Labute approximate surface area is 129 Å². The van der Waals surface area contributed by atoms with E-state index in [-0.39, 0.29) is 16.6 Å².